The summed E-state index contributed by atoms with van der Waals surface area (Å²) < 4.78 is 1.89. The van der Waals surface area contributed by atoms with Gasteiger partial charge in [0, 0.05) is 12.2 Å². The van der Waals surface area contributed by atoms with Crippen LogP contribution in [0.3, 0.4) is 0 Å². The number of halogens is 1. The van der Waals surface area contributed by atoms with Crippen molar-refractivity contribution in [3.05, 3.63) is 77.1 Å². The average Bonchev–Trinajstić information content (AvgIpc) is 3.05. The molecule has 1 aromatic heterocycles. The summed E-state index contributed by atoms with van der Waals surface area (Å²) in [4.78, 5) is 0. The number of thioether (sulfide) groups is 1. The Hall–Kier alpha value is -1.92. The lowest BCUT2D eigenvalue weighted by atomic mass is 10.1. The fraction of sp³-hybridized carbons (Fsp3) is 0.211. The van der Waals surface area contributed by atoms with Crippen molar-refractivity contribution in [1.82, 2.24) is 14.9 Å². The van der Waals surface area contributed by atoms with Gasteiger partial charge in [-0.05, 0) is 23.1 Å². The molecule has 2 aromatic carbocycles. The van der Waals surface area contributed by atoms with Gasteiger partial charge >= 0.3 is 0 Å². The molecule has 25 heavy (non-hydrogen) atoms. The number of aromatic nitrogens is 3. The highest BCUT2D eigenvalue weighted by Gasteiger charge is 2.19. The molecular weight excluding hydrogens is 396 g/mol. The maximum absolute atomic E-state index is 4.81. The van der Waals surface area contributed by atoms with Crippen LogP contribution >= 0.6 is 28.7 Å². The SMILES string of the molecule is Br.CCc1ccc(C2=Nn3c(Cc4ccccc4)nnc3SC2)cc1. The Bertz CT molecular complexity index is 872. The summed E-state index contributed by atoms with van der Waals surface area (Å²) >= 11 is 1.69. The largest absolute Gasteiger partial charge is 0.212 e. The lowest BCUT2D eigenvalue weighted by molar-refractivity contribution is 0.720. The maximum Gasteiger partial charge on any atom is 0.212 e. The molecule has 128 valence electrons. The third kappa shape index (κ3) is 3.85. The Balaban J connectivity index is 0.00000182. The fourth-order valence-corrected chi connectivity index (χ4v) is 3.59. The van der Waals surface area contributed by atoms with Crippen LogP contribution in [0.2, 0.25) is 0 Å². The zero-order chi connectivity index (χ0) is 16.4. The number of rotatable bonds is 4. The normalized spacial score (nSPS) is 12.9. The molecule has 0 bridgehead atoms. The molecule has 0 unspecified atom stereocenters. The molecule has 0 fully saturated rings. The smallest absolute Gasteiger partial charge is 0.191 e. The summed E-state index contributed by atoms with van der Waals surface area (Å²) in [5.41, 5.74) is 4.80. The molecule has 0 saturated carbocycles. The van der Waals surface area contributed by atoms with Gasteiger partial charge in [-0.25, -0.2) is 0 Å². The maximum atomic E-state index is 4.81. The molecule has 0 amide bonds. The highest BCUT2D eigenvalue weighted by atomic mass is 79.9. The topological polar surface area (TPSA) is 43.1 Å². The van der Waals surface area contributed by atoms with Crippen LogP contribution in [0.5, 0.6) is 0 Å². The third-order valence-electron chi connectivity index (χ3n) is 4.14. The molecule has 0 aliphatic carbocycles. The van der Waals surface area contributed by atoms with Crippen molar-refractivity contribution in [1.29, 1.82) is 0 Å². The van der Waals surface area contributed by atoms with E-state index in [9.17, 15) is 0 Å². The van der Waals surface area contributed by atoms with E-state index in [0.717, 1.165) is 35.3 Å². The van der Waals surface area contributed by atoms with Gasteiger partial charge in [0.25, 0.3) is 0 Å². The average molecular weight is 415 g/mol. The zero-order valence-electron chi connectivity index (χ0n) is 13.9. The predicted octanol–water partition coefficient (Wildman–Crippen LogP) is 4.37. The van der Waals surface area contributed by atoms with Crippen molar-refractivity contribution < 1.29 is 0 Å². The van der Waals surface area contributed by atoms with Crippen molar-refractivity contribution in [2.24, 2.45) is 5.10 Å². The van der Waals surface area contributed by atoms with Gasteiger partial charge in [0.05, 0.1) is 5.71 Å². The minimum atomic E-state index is 0. The van der Waals surface area contributed by atoms with Gasteiger partial charge in [-0.1, -0.05) is 73.3 Å². The minimum Gasteiger partial charge on any atom is -0.191 e. The molecule has 0 N–H and O–H groups in total. The monoisotopic (exact) mass is 414 g/mol. The van der Waals surface area contributed by atoms with Crippen molar-refractivity contribution in [2.75, 3.05) is 5.75 Å². The van der Waals surface area contributed by atoms with E-state index in [1.54, 1.807) is 11.8 Å². The van der Waals surface area contributed by atoms with Crippen molar-refractivity contribution in [3.8, 4) is 0 Å². The van der Waals surface area contributed by atoms with Gasteiger partial charge in [0.2, 0.25) is 5.16 Å². The minimum absolute atomic E-state index is 0. The summed E-state index contributed by atoms with van der Waals surface area (Å²) in [7, 11) is 0. The second kappa shape index (κ2) is 7.97. The fourth-order valence-electron chi connectivity index (χ4n) is 2.73. The van der Waals surface area contributed by atoms with E-state index in [0.29, 0.717) is 0 Å². The van der Waals surface area contributed by atoms with Crippen LogP contribution in [0.25, 0.3) is 0 Å². The van der Waals surface area contributed by atoms with Crippen molar-refractivity contribution in [3.63, 3.8) is 0 Å². The second-order valence-corrected chi connectivity index (χ2v) is 6.70. The number of fused-ring (bicyclic) bond motifs is 1. The first-order valence-corrected chi connectivity index (χ1v) is 9.10. The molecular formula is C19H19BrN4S. The molecule has 2 heterocycles. The zero-order valence-corrected chi connectivity index (χ0v) is 16.5. The summed E-state index contributed by atoms with van der Waals surface area (Å²) in [6.45, 7) is 2.17. The Labute approximate surface area is 162 Å². The van der Waals surface area contributed by atoms with Crippen LogP contribution in [0.4, 0.5) is 0 Å². The molecule has 4 nitrogen and oxygen atoms in total. The molecule has 1 aliphatic rings. The van der Waals surface area contributed by atoms with Gasteiger partial charge < -0.3 is 0 Å². The van der Waals surface area contributed by atoms with E-state index in [1.807, 2.05) is 22.9 Å². The van der Waals surface area contributed by atoms with Crippen molar-refractivity contribution >= 4 is 34.5 Å². The van der Waals surface area contributed by atoms with Crippen LogP contribution in [0.1, 0.15) is 29.4 Å². The Morgan fingerprint density at radius 1 is 0.960 bits per heavy atom. The highest BCUT2D eigenvalue weighted by Crippen LogP contribution is 2.25. The quantitative estimate of drug-likeness (QED) is 0.636. The van der Waals surface area contributed by atoms with E-state index in [4.69, 9.17) is 5.10 Å². The third-order valence-corrected chi connectivity index (χ3v) is 5.07. The summed E-state index contributed by atoms with van der Waals surface area (Å²) in [6.07, 6.45) is 1.79. The van der Waals surface area contributed by atoms with Crippen LogP contribution in [-0.2, 0) is 12.8 Å². The molecule has 0 saturated heterocycles. The number of hydrogen-bond acceptors (Lipinski definition) is 4. The number of nitrogens with zero attached hydrogens (tertiary/aromatic N) is 4. The standard InChI is InChI=1S/C19H18N4S.BrH/c1-2-14-8-10-16(11-9-14)17-13-24-19-21-20-18(23(19)22-17)12-15-6-4-3-5-7-15;/h3-11H,2,12-13H2,1H3;1H. The summed E-state index contributed by atoms with van der Waals surface area (Å²) in [5.74, 6) is 1.71. The summed E-state index contributed by atoms with van der Waals surface area (Å²) in [5, 5.41) is 14.3. The molecule has 3 aromatic rings. The van der Waals surface area contributed by atoms with Crippen LogP contribution < -0.4 is 0 Å². The van der Waals surface area contributed by atoms with E-state index < -0.39 is 0 Å². The molecule has 1 aliphatic heterocycles. The van der Waals surface area contributed by atoms with Gasteiger partial charge in [0.15, 0.2) is 5.82 Å². The number of hydrogen-bond donors (Lipinski definition) is 0. The van der Waals surface area contributed by atoms with E-state index in [1.165, 1.54) is 16.7 Å². The van der Waals surface area contributed by atoms with E-state index >= 15 is 0 Å². The Morgan fingerprint density at radius 2 is 1.72 bits per heavy atom. The Kier molecular flexibility index (Phi) is 5.71. The van der Waals surface area contributed by atoms with Crippen LogP contribution in [0.15, 0.2) is 64.9 Å². The Morgan fingerprint density at radius 3 is 2.44 bits per heavy atom. The van der Waals surface area contributed by atoms with Crippen LogP contribution in [-0.4, -0.2) is 26.3 Å². The summed E-state index contributed by atoms with van der Waals surface area (Å²) in [6, 6.07) is 19.0. The van der Waals surface area contributed by atoms with E-state index in [-0.39, 0.29) is 17.0 Å². The van der Waals surface area contributed by atoms with E-state index in [2.05, 4.69) is 53.5 Å². The number of aryl methyl sites for hydroxylation is 1. The molecule has 0 spiro atoms. The first-order valence-electron chi connectivity index (χ1n) is 8.11. The predicted molar refractivity (Wildman–Crippen MR) is 108 cm³/mol. The van der Waals surface area contributed by atoms with Gasteiger partial charge in [0.1, 0.15) is 0 Å². The second-order valence-electron chi connectivity index (χ2n) is 5.76. The lowest BCUT2D eigenvalue weighted by Crippen LogP contribution is -2.14. The molecule has 0 atom stereocenters. The van der Waals surface area contributed by atoms with Crippen molar-refractivity contribution in [2.45, 2.75) is 24.9 Å². The number of benzene rings is 2. The first-order chi connectivity index (χ1) is 11.8. The first kappa shape index (κ1) is 17.9. The lowest BCUT2D eigenvalue weighted by Gasteiger charge is -2.14. The molecule has 4 rings (SSSR count). The molecule has 0 radical (unpaired) electrons. The molecule has 6 heteroatoms. The van der Waals surface area contributed by atoms with Gasteiger partial charge in [-0.15, -0.1) is 27.2 Å². The van der Waals surface area contributed by atoms with Gasteiger partial charge in [-0.3, -0.25) is 0 Å². The van der Waals surface area contributed by atoms with Gasteiger partial charge in [-0.2, -0.15) is 9.78 Å². The highest BCUT2D eigenvalue weighted by molar-refractivity contribution is 8.93. The van der Waals surface area contributed by atoms with Crippen LogP contribution in [0, 0.1) is 0 Å².